The lowest BCUT2D eigenvalue weighted by Crippen LogP contribution is -2.27. The monoisotopic (exact) mass is 462 g/mol. The lowest BCUT2D eigenvalue weighted by atomic mass is 10.1. The maximum absolute atomic E-state index is 13.1. The smallest absolute Gasteiger partial charge is 0.266 e. The predicted octanol–water partition coefficient (Wildman–Crippen LogP) is 3.47. The molecule has 0 spiro atoms. The summed E-state index contributed by atoms with van der Waals surface area (Å²) < 4.78 is 17.5. The molecule has 0 radical (unpaired) electrons. The Balaban J connectivity index is 1.43. The summed E-state index contributed by atoms with van der Waals surface area (Å²) in [6.45, 7) is 4.90. The van der Waals surface area contributed by atoms with Crippen LogP contribution in [0.4, 0.5) is 0 Å². The zero-order valence-electron chi connectivity index (χ0n) is 19.3. The van der Waals surface area contributed by atoms with Gasteiger partial charge in [-0.1, -0.05) is 41.1 Å². The molecule has 1 N–H and O–H groups in total. The highest BCUT2D eigenvalue weighted by molar-refractivity contribution is 5.88. The third kappa shape index (κ3) is 4.93. The van der Waals surface area contributed by atoms with E-state index in [9.17, 15) is 9.59 Å². The summed E-state index contributed by atoms with van der Waals surface area (Å²) in [4.78, 5) is 29.7. The molecule has 0 fully saturated rings. The molecule has 2 heterocycles. The molecule has 0 unspecified atom stereocenters. The van der Waals surface area contributed by atoms with Crippen LogP contribution in [-0.2, 0) is 17.9 Å². The summed E-state index contributed by atoms with van der Waals surface area (Å²) in [5, 5.41) is 7.21. The van der Waals surface area contributed by atoms with Crippen molar-refractivity contribution in [3.63, 3.8) is 0 Å². The molecule has 0 bridgehead atoms. The Morgan fingerprint density at radius 2 is 1.94 bits per heavy atom. The third-order valence-corrected chi connectivity index (χ3v) is 5.39. The number of aryl methyl sites for hydroxylation is 2. The molecule has 0 aliphatic rings. The molecule has 34 heavy (non-hydrogen) atoms. The fraction of sp³-hybridized carbons (Fsp3) is 0.280. The average molecular weight is 463 g/mol. The van der Waals surface area contributed by atoms with Gasteiger partial charge in [-0.25, -0.2) is 4.98 Å². The highest BCUT2D eigenvalue weighted by Crippen LogP contribution is 2.28. The fourth-order valence-corrected chi connectivity index (χ4v) is 3.56. The normalized spacial score (nSPS) is 10.9. The Labute approximate surface area is 196 Å². The number of methoxy groups -OCH3 is 1. The van der Waals surface area contributed by atoms with Gasteiger partial charge in [0.05, 0.1) is 13.7 Å². The topological polar surface area (TPSA) is 108 Å². The van der Waals surface area contributed by atoms with E-state index in [0.29, 0.717) is 35.7 Å². The second kappa shape index (κ2) is 10.2. The number of carbonyl (C=O) groups is 1. The van der Waals surface area contributed by atoms with Crippen LogP contribution in [0.5, 0.6) is 11.5 Å². The molecular formula is C25H26N4O5. The van der Waals surface area contributed by atoms with Crippen LogP contribution >= 0.6 is 0 Å². The van der Waals surface area contributed by atoms with Crippen molar-refractivity contribution in [3.05, 3.63) is 70.3 Å². The average Bonchev–Trinajstić information content (AvgIpc) is 3.28. The van der Waals surface area contributed by atoms with Crippen molar-refractivity contribution in [2.24, 2.45) is 0 Å². The molecule has 4 aromatic rings. The minimum Gasteiger partial charge on any atom is -0.493 e. The van der Waals surface area contributed by atoms with Crippen LogP contribution in [0.1, 0.15) is 24.5 Å². The van der Waals surface area contributed by atoms with E-state index in [1.54, 1.807) is 13.2 Å². The van der Waals surface area contributed by atoms with Gasteiger partial charge >= 0.3 is 0 Å². The maximum Gasteiger partial charge on any atom is 0.266 e. The van der Waals surface area contributed by atoms with Gasteiger partial charge in [0.2, 0.25) is 5.91 Å². The van der Waals surface area contributed by atoms with Crippen LogP contribution in [0.3, 0.4) is 0 Å². The second-order valence-corrected chi connectivity index (χ2v) is 7.77. The first-order chi connectivity index (χ1) is 16.5. The SMILES string of the molecule is CCOc1cc(CNC(=O)CCn2cnc3onc(-c4ccc(C)cc4)c3c2=O)ccc1OC. The van der Waals surface area contributed by atoms with Gasteiger partial charge in [0, 0.05) is 25.1 Å². The van der Waals surface area contributed by atoms with Gasteiger partial charge in [-0.2, -0.15) is 0 Å². The van der Waals surface area contributed by atoms with Crippen molar-refractivity contribution < 1.29 is 18.8 Å². The molecule has 0 aliphatic heterocycles. The lowest BCUT2D eigenvalue weighted by Gasteiger charge is -2.12. The summed E-state index contributed by atoms with van der Waals surface area (Å²) in [5.41, 5.74) is 3.06. The van der Waals surface area contributed by atoms with Crippen LogP contribution in [0.2, 0.25) is 0 Å². The number of hydrogen-bond acceptors (Lipinski definition) is 7. The summed E-state index contributed by atoms with van der Waals surface area (Å²) in [6, 6.07) is 13.1. The van der Waals surface area contributed by atoms with E-state index < -0.39 is 0 Å². The molecular weight excluding hydrogens is 436 g/mol. The number of nitrogens with zero attached hydrogens (tertiary/aromatic N) is 3. The summed E-state index contributed by atoms with van der Waals surface area (Å²) >= 11 is 0. The Morgan fingerprint density at radius 3 is 2.68 bits per heavy atom. The Kier molecular flexibility index (Phi) is 6.91. The first kappa shape index (κ1) is 23.0. The number of aromatic nitrogens is 3. The van der Waals surface area contributed by atoms with Gasteiger partial charge in [0.1, 0.15) is 17.4 Å². The highest BCUT2D eigenvalue weighted by Gasteiger charge is 2.17. The Bertz CT molecular complexity index is 1360. The van der Waals surface area contributed by atoms with E-state index in [-0.39, 0.29) is 30.1 Å². The van der Waals surface area contributed by atoms with Crippen molar-refractivity contribution in [2.45, 2.75) is 33.4 Å². The minimum absolute atomic E-state index is 0.118. The van der Waals surface area contributed by atoms with Crippen molar-refractivity contribution in [3.8, 4) is 22.8 Å². The number of fused-ring (bicyclic) bond motifs is 1. The minimum atomic E-state index is -0.300. The summed E-state index contributed by atoms with van der Waals surface area (Å²) in [6.07, 6.45) is 1.49. The van der Waals surface area contributed by atoms with Gasteiger partial charge in [0.25, 0.3) is 11.3 Å². The first-order valence-corrected chi connectivity index (χ1v) is 11.0. The predicted molar refractivity (Wildman–Crippen MR) is 127 cm³/mol. The molecule has 9 nitrogen and oxygen atoms in total. The van der Waals surface area contributed by atoms with Gasteiger partial charge in [-0.05, 0) is 31.5 Å². The number of hydrogen-bond donors (Lipinski definition) is 1. The molecule has 176 valence electrons. The highest BCUT2D eigenvalue weighted by atomic mass is 16.5. The Hall–Kier alpha value is -4.14. The fourth-order valence-electron chi connectivity index (χ4n) is 3.56. The van der Waals surface area contributed by atoms with Crippen molar-refractivity contribution in [2.75, 3.05) is 13.7 Å². The number of ether oxygens (including phenoxy) is 2. The molecule has 2 aromatic carbocycles. The molecule has 1 amide bonds. The van der Waals surface area contributed by atoms with Crippen LogP contribution in [0.15, 0.2) is 58.1 Å². The molecule has 9 heteroatoms. The largest absolute Gasteiger partial charge is 0.493 e. The number of nitrogens with one attached hydrogen (secondary N) is 1. The summed E-state index contributed by atoms with van der Waals surface area (Å²) in [7, 11) is 1.58. The maximum atomic E-state index is 13.1. The molecule has 4 rings (SSSR count). The quantitative estimate of drug-likeness (QED) is 0.406. The van der Waals surface area contributed by atoms with E-state index >= 15 is 0 Å². The van der Waals surface area contributed by atoms with Crippen molar-refractivity contribution in [1.82, 2.24) is 20.0 Å². The van der Waals surface area contributed by atoms with Gasteiger partial charge in [0.15, 0.2) is 11.5 Å². The number of rotatable bonds is 9. The van der Waals surface area contributed by atoms with Crippen LogP contribution in [0, 0.1) is 6.92 Å². The van der Waals surface area contributed by atoms with Crippen LogP contribution in [0.25, 0.3) is 22.4 Å². The second-order valence-electron chi connectivity index (χ2n) is 7.77. The standard InChI is InChI=1S/C25H26N4O5/c1-4-33-20-13-17(7-10-19(20)32-3)14-26-21(30)11-12-29-15-27-24-22(25(29)31)23(28-34-24)18-8-5-16(2)6-9-18/h5-10,13,15H,4,11-12,14H2,1-3H3,(H,26,30). The number of carbonyl (C=O) groups excluding carboxylic acids is 1. The van der Waals surface area contributed by atoms with E-state index in [1.807, 2.05) is 50.2 Å². The van der Waals surface area contributed by atoms with Crippen LogP contribution < -0.4 is 20.3 Å². The number of amides is 1. The molecule has 0 saturated carbocycles. The molecule has 0 aliphatic carbocycles. The van der Waals surface area contributed by atoms with Crippen LogP contribution in [-0.4, -0.2) is 34.3 Å². The van der Waals surface area contributed by atoms with E-state index in [1.165, 1.54) is 10.9 Å². The van der Waals surface area contributed by atoms with E-state index in [4.69, 9.17) is 14.0 Å². The van der Waals surface area contributed by atoms with E-state index in [2.05, 4.69) is 15.5 Å². The molecule has 2 aromatic heterocycles. The van der Waals surface area contributed by atoms with Gasteiger partial charge in [-0.3, -0.25) is 14.2 Å². The van der Waals surface area contributed by atoms with Crippen molar-refractivity contribution in [1.29, 1.82) is 0 Å². The number of benzene rings is 2. The lowest BCUT2D eigenvalue weighted by molar-refractivity contribution is -0.121. The van der Waals surface area contributed by atoms with Crippen molar-refractivity contribution >= 4 is 17.0 Å². The third-order valence-electron chi connectivity index (χ3n) is 5.39. The van der Waals surface area contributed by atoms with Gasteiger partial charge < -0.3 is 19.3 Å². The zero-order chi connectivity index (χ0) is 24.1. The summed E-state index contributed by atoms with van der Waals surface area (Å²) in [5.74, 6) is 1.07. The molecule has 0 atom stereocenters. The van der Waals surface area contributed by atoms with E-state index in [0.717, 1.165) is 16.7 Å². The first-order valence-electron chi connectivity index (χ1n) is 11.0. The molecule has 0 saturated heterocycles. The van der Waals surface area contributed by atoms with Gasteiger partial charge in [-0.15, -0.1) is 0 Å². The Morgan fingerprint density at radius 1 is 1.15 bits per heavy atom. The zero-order valence-corrected chi connectivity index (χ0v) is 19.3.